The molecule has 0 aliphatic rings. The van der Waals surface area contributed by atoms with Gasteiger partial charge in [-0.1, -0.05) is 26.0 Å². The molecule has 0 bridgehead atoms. The van der Waals surface area contributed by atoms with Gasteiger partial charge in [-0.2, -0.15) is 13.2 Å². The van der Waals surface area contributed by atoms with Crippen molar-refractivity contribution in [2.75, 3.05) is 0 Å². The highest BCUT2D eigenvalue weighted by Crippen LogP contribution is 2.31. The summed E-state index contributed by atoms with van der Waals surface area (Å²) in [5.41, 5.74) is 0.204. The number of terminal acetylenes is 1. The topological polar surface area (TPSA) is 0 Å². The molecule has 0 aliphatic heterocycles. The van der Waals surface area contributed by atoms with E-state index in [2.05, 4.69) is 5.92 Å². The largest absolute Gasteiger partial charge is 0.416 e. The fourth-order valence-corrected chi connectivity index (χ4v) is 1.41. The summed E-state index contributed by atoms with van der Waals surface area (Å²) in [5, 5.41) is 0. The first kappa shape index (κ1) is 12.6. The molecule has 0 fully saturated rings. The lowest BCUT2D eigenvalue weighted by atomic mass is 9.89. The SMILES string of the molecule is C#CC(C)C(C)c1ccc(C(F)(F)F)cc1. The molecular formula is C13H13F3. The Morgan fingerprint density at radius 3 is 2.00 bits per heavy atom. The molecule has 0 aliphatic carbocycles. The molecule has 0 radical (unpaired) electrons. The third-order valence-corrected chi connectivity index (χ3v) is 2.78. The lowest BCUT2D eigenvalue weighted by Crippen LogP contribution is -2.07. The first-order valence-corrected chi connectivity index (χ1v) is 4.99. The minimum Gasteiger partial charge on any atom is -0.166 e. The first-order valence-electron chi connectivity index (χ1n) is 4.99. The summed E-state index contributed by atoms with van der Waals surface area (Å²) in [5.74, 6) is 2.66. The molecule has 2 unspecified atom stereocenters. The van der Waals surface area contributed by atoms with Crippen LogP contribution in [0.2, 0.25) is 0 Å². The van der Waals surface area contributed by atoms with Gasteiger partial charge >= 0.3 is 6.18 Å². The maximum absolute atomic E-state index is 12.3. The Bertz CT molecular complexity index is 381. The smallest absolute Gasteiger partial charge is 0.166 e. The van der Waals surface area contributed by atoms with Crippen LogP contribution in [0.3, 0.4) is 0 Å². The molecule has 1 aromatic rings. The summed E-state index contributed by atoms with van der Waals surface area (Å²) >= 11 is 0. The van der Waals surface area contributed by atoms with Crippen LogP contribution in [0.4, 0.5) is 13.2 Å². The summed E-state index contributed by atoms with van der Waals surface area (Å²) in [4.78, 5) is 0. The Morgan fingerprint density at radius 1 is 1.12 bits per heavy atom. The predicted molar refractivity (Wildman–Crippen MR) is 57.9 cm³/mol. The second-order valence-electron chi connectivity index (χ2n) is 3.86. The summed E-state index contributed by atoms with van der Waals surface area (Å²) in [6.07, 6.45) is 1.00. The van der Waals surface area contributed by atoms with Crippen LogP contribution in [0.1, 0.15) is 30.9 Å². The van der Waals surface area contributed by atoms with Crippen LogP contribution < -0.4 is 0 Å². The molecule has 0 N–H and O–H groups in total. The van der Waals surface area contributed by atoms with Gasteiger partial charge in [-0.3, -0.25) is 0 Å². The van der Waals surface area contributed by atoms with Crippen LogP contribution in [0, 0.1) is 18.3 Å². The minimum atomic E-state index is -4.28. The zero-order chi connectivity index (χ0) is 12.3. The molecule has 0 saturated heterocycles. The minimum absolute atomic E-state index is 0.0109. The van der Waals surface area contributed by atoms with E-state index in [1.807, 2.05) is 13.8 Å². The van der Waals surface area contributed by atoms with Gasteiger partial charge in [-0.15, -0.1) is 12.3 Å². The van der Waals surface area contributed by atoms with E-state index in [1.165, 1.54) is 12.1 Å². The second kappa shape index (κ2) is 4.61. The van der Waals surface area contributed by atoms with Crippen LogP contribution in [0.15, 0.2) is 24.3 Å². The van der Waals surface area contributed by atoms with Crippen molar-refractivity contribution in [3.8, 4) is 12.3 Å². The average Bonchev–Trinajstić information content (AvgIpc) is 2.26. The van der Waals surface area contributed by atoms with Gasteiger partial charge < -0.3 is 0 Å². The monoisotopic (exact) mass is 226 g/mol. The van der Waals surface area contributed by atoms with Gasteiger partial charge in [0.1, 0.15) is 0 Å². The van der Waals surface area contributed by atoms with E-state index in [0.717, 1.165) is 17.7 Å². The van der Waals surface area contributed by atoms with Crippen LogP contribution in [-0.2, 0) is 6.18 Å². The maximum Gasteiger partial charge on any atom is 0.416 e. The third-order valence-electron chi connectivity index (χ3n) is 2.78. The Morgan fingerprint density at radius 2 is 1.62 bits per heavy atom. The normalized spacial score (nSPS) is 15.2. The highest BCUT2D eigenvalue weighted by atomic mass is 19.4. The molecule has 0 nitrogen and oxygen atoms in total. The predicted octanol–water partition coefficient (Wildman–Crippen LogP) is 4.08. The summed E-state index contributed by atoms with van der Waals surface area (Å²) < 4.78 is 36.9. The van der Waals surface area contributed by atoms with Crippen molar-refractivity contribution in [1.82, 2.24) is 0 Å². The van der Waals surface area contributed by atoms with Crippen LogP contribution in [0.5, 0.6) is 0 Å². The molecule has 1 rings (SSSR count). The molecule has 0 spiro atoms. The maximum atomic E-state index is 12.3. The van der Waals surface area contributed by atoms with Crippen LogP contribution >= 0.6 is 0 Å². The number of hydrogen-bond acceptors (Lipinski definition) is 0. The van der Waals surface area contributed by atoms with Crippen molar-refractivity contribution in [3.05, 3.63) is 35.4 Å². The Kier molecular flexibility index (Phi) is 3.64. The zero-order valence-electron chi connectivity index (χ0n) is 9.18. The van der Waals surface area contributed by atoms with E-state index in [1.54, 1.807) is 0 Å². The van der Waals surface area contributed by atoms with Crippen molar-refractivity contribution in [2.45, 2.75) is 25.9 Å². The van der Waals surface area contributed by atoms with Crippen molar-refractivity contribution in [1.29, 1.82) is 0 Å². The molecule has 0 heterocycles. The van der Waals surface area contributed by atoms with Crippen molar-refractivity contribution < 1.29 is 13.2 Å². The Hall–Kier alpha value is -1.43. The lowest BCUT2D eigenvalue weighted by Gasteiger charge is -2.16. The van der Waals surface area contributed by atoms with Crippen LogP contribution in [-0.4, -0.2) is 0 Å². The number of halogens is 3. The van der Waals surface area contributed by atoms with E-state index < -0.39 is 11.7 Å². The fourth-order valence-electron chi connectivity index (χ4n) is 1.41. The van der Waals surface area contributed by atoms with E-state index >= 15 is 0 Å². The van der Waals surface area contributed by atoms with Gasteiger partial charge in [0.25, 0.3) is 0 Å². The number of rotatable bonds is 2. The van der Waals surface area contributed by atoms with Gasteiger partial charge in [0, 0.05) is 5.92 Å². The van der Waals surface area contributed by atoms with Gasteiger partial charge in [0.05, 0.1) is 5.56 Å². The molecular weight excluding hydrogens is 213 g/mol. The van der Waals surface area contributed by atoms with Crippen LogP contribution in [0.25, 0.3) is 0 Å². The van der Waals surface area contributed by atoms with Gasteiger partial charge in [0.2, 0.25) is 0 Å². The van der Waals surface area contributed by atoms with E-state index in [9.17, 15) is 13.2 Å². The molecule has 0 saturated carbocycles. The molecule has 3 heteroatoms. The number of hydrogen-bond donors (Lipinski definition) is 0. The average molecular weight is 226 g/mol. The molecule has 0 aromatic heterocycles. The molecule has 1 aromatic carbocycles. The lowest BCUT2D eigenvalue weighted by molar-refractivity contribution is -0.137. The molecule has 16 heavy (non-hydrogen) atoms. The van der Waals surface area contributed by atoms with Crippen molar-refractivity contribution >= 4 is 0 Å². The van der Waals surface area contributed by atoms with Gasteiger partial charge in [-0.25, -0.2) is 0 Å². The standard InChI is InChI=1S/C13H13F3/c1-4-9(2)10(3)11-5-7-12(8-6-11)13(14,15)16/h1,5-10H,2-3H3. The quantitative estimate of drug-likeness (QED) is 0.666. The number of alkyl halides is 3. The van der Waals surface area contributed by atoms with E-state index in [0.29, 0.717) is 0 Å². The van der Waals surface area contributed by atoms with Crippen molar-refractivity contribution in [3.63, 3.8) is 0 Å². The zero-order valence-corrected chi connectivity index (χ0v) is 9.18. The third kappa shape index (κ3) is 2.79. The molecule has 2 atom stereocenters. The van der Waals surface area contributed by atoms with E-state index in [4.69, 9.17) is 6.42 Å². The summed E-state index contributed by atoms with van der Waals surface area (Å²) in [7, 11) is 0. The molecule has 86 valence electrons. The summed E-state index contributed by atoms with van der Waals surface area (Å²) in [6, 6.07) is 5.16. The van der Waals surface area contributed by atoms with Crippen molar-refractivity contribution in [2.24, 2.45) is 5.92 Å². The summed E-state index contributed by atoms with van der Waals surface area (Å²) in [6.45, 7) is 3.79. The fraction of sp³-hybridized carbons (Fsp3) is 0.385. The van der Waals surface area contributed by atoms with Gasteiger partial charge in [-0.05, 0) is 23.6 Å². The van der Waals surface area contributed by atoms with Gasteiger partial charge in [0.15, 0.2) is 0 Å². The number of benzene rings is 1. The second-order valence-corrected chi connectivity index (χ2v) is 3.86. The highest BCUT2D eigenvalue weighted by Gasteiger charge is 2.30. The first-order chi connectivity index (χ1) is 7.36. The molecule has 0 amide bonds. The Labute approximate surface area is 93.5 Å². The Balaban J connectivity index is 2.92. The van der Waals surface area contributed by atoms with E-state index in [-0.39, 0.29) is 11.8 Å². The highest BCUT2D eigenvalue weighted by molar-refractivity contribution is 5.28.